The van der Waals surface area contributed by atoms with Crippen LogP contribution in [0.3, 0.4) is 0 Å². The van der Waals surface area contributed by atoms with Crippen LogP contribution in [-0.2, 0) is 0 Å². The minimum absolute atomic E-state index is 0.169. The Morgan fingerprint density at radius 3 is 1.09 bits per heavy atom. The molecule has 4 nitrogen and oxygen atoms in total. The van der Waals surface area contributed by atoms with E-state index >= 15 is 0 Å². The Balaban J connectivity index is 0. The zero-order chi connectivity index (χ0) is 25.2. The Morgan fingerprint density at radius 2 is 0.844 bits per heavy atom. The summed E-state index contributed by atoms with van der Waals surface area (Å²) in [6.07, 6.45) is 3.61. The van der Waals surface area contributed by atoms with Crippen LogP contribution in [0.2, 0.25) is 0 Å². The lowest BCUT2D eigenvalue weighted by Crippen LogP contribution is -2.23. The molecule has 0 aliphatic carbocycles. The second-order valence-electron chi connectivity index (χ2n) is 8.28. The van der Waals surface area contributed by atoms with Gasteiger partial charge in [0.2, 0.25) is 0 Å². The standard InChI is InChI=1S/2C12H17NO.2C2H6/c2*1-12(2,3)14-11-8-6-5-7-10(11)9-13-4;2*1-2/h2*5-9H,1-4H3;2*1-2H3. The zero-order valence-corrected chi connectivity index (χ0v) is 22.5. The number of hydrogen-bond acceptors (Lipinski definition) is 4. The van der Waals surface area contributed by atoms with Crippen molar-refractivity contribution in [3.63, 3.8) is 0 Å². The summed E-state index contributed by atoms with van der Waals surface area (Å²) in [6, 6.07) is 15.8. The van der Waals surface area contributed by atoms with Gasteiger partial charge in [-0.2, -0.15) is 0 Å². The summed E-state index contributed by atoms with van der Waals surface area (Å²) in [7, 11) is 3.52. The first-order chi connectivity index (χ1) is 15.1. The fourth-order valence-corrected chi connectivity index (χ4v) is 2.30. The van der Waals surface area contributed by atoms with Crippen molar-refractivity contribution < 1.29 is 9.47 Å². The highest BCUT2D eigenvalue weighted by molar-refractivity contribution is 5.83. The quantitative estimate of drug-likeness (QED) is 0.452. The van der Waals surface area contributed by atoms with Crippen LogP contribution in [0.4, 0.5) is 0 Å². The molecule has 2 aromatic carbocycles. The molecule has 0 fully saturated rings. The molecule has 0 spiro atoms. The van der Waals surface area contributed by atoms with Crippen LogP contribution in [0, 0.1) is 0 Å². The molecule has 2 aromatic rings. The Morgan fingerprint density at radius 1 is 0.562 bits per heavy atom. The molecule has 0 atom stereocenters. The Labute approximate surface area is 197 Å². The molecule has 4 heteroatoms. The van der Waals surface area contributed by atoms with Gasteiger partial charge in [0, 0.05) is 37.7 Å². The summed E-state index contributed by atoms with van der Waals surface area (Å²) in [5.41, 5.74) is 1.70. The van der Waals surface area contributed by atoms with Crippen molar-refractivity contribution in [1.29, 1.82) is 0 Å². The van der Waals surface area contributed by atoms with Gasteiger partial charge < -0.3 is 9.47 Å². The highest BCUT2D eigenvalue weighted by Gasteiger charge is 2.14. The maximum atomic E-state index is 5.79. The zero-order valence-electron chi connectivity index (χ0n) is 22.5. The average molecular weight is 443 g/mol. The summed E-state index contributed by atoms with van der Waals surface area (Å²) in [5, 5.41) is 0. The maximum absolute atomic E-state index is 5.79. The molecule has 0 heterocycles. The summed E-state index contributed by atoms with van der Waals surface area (Å²) in [5.74, 6) is 1.76. The third kappa shape index (κ3) is 15.2. The van der Waals surface area contributed by atoms with Crippen molar-refractivity contribution in [3.05, 3.63) is 59.7 Å². The highest BCUT2D eigenvalue weighted by Crippen LogP contribution is 2.22. The largest absolute Gasteiger partial charge is 0.487 e. The molecule has 0 aromatic heterocycles. The molecule has 2 rings (SSSR count). The van der Waals surface area contributed by atoms with Crippen molar-refractivity contribution >= 4 is 12.4 Å². The first-order valence-corrected chi connectivity index (χ1v) is 11.5. The third-order valence-corrected chi connectivity index (χ3v) is 3.21. The van der Waals surface area contributed by atoms with Crippen LogP contribution in [0.15, 0.2) is 58.5 Å². The maximum Gasteiger partial charge on any atom is 0.128 e. The van der Waals surface area contributed by atoms with E-state index in [0.717, 1.165) is 22.6 Å². The number of rotatable bonds is 4. The van der Waals surface area contributed by atoms with Gasteiger partial charge in [-0.25, -0.2) is 0 Å². The second kappa shape index (κ2) is 17.0. The minimum atomic E-state index is -0.169. The smallest absolute Gasteiger partial charge is 0.128 e. The molecule has 0 N–H and O–H groups in total. The van der Waals surface area contributed by atoms with E-state index in [4.69, 9.17) is 9.47 Å². The number of ether oxygens (including phenoxy) is 2. The van der Waals surface area contributed by atoms with E-state index in [1.165, 1.54) is 0 Å². The Bertz CT molecular complexity index is 715. The molecule has 0 saturated carbocycles. The summed E-state index contributed by atoms with van der Waals surface area (Å²) < 4.78 is 11.6. The molecule has 0 amide bonds. The van der Waals surface area contributed by atoms with Gasteiger partial charge in [0.25, 0.3) is 0 Å². The van der Waals surface area contributed by atoms with Crippen molar-refractivity contribution in [2.24, 2.45) is 9.98 Å². The van der Waals surface area contributed by atoms with E-state index in [9.17, 15) is 0 Å². The number of nitrogens with zero attached hydrogens (tertiary/aromatic N) is 2. The lowest BCUT2D eigenvalue weighted by Gasteiger charge is -2.22. The molecule has 0 aliphatic rings. The first-order valence-electron chi connectivity index (χ1n) is 11.5. The number of hydrogen-bond donors (Lipinski definition) is 0. The second-order valence-corrected chi connectivity index (χ2v) is 8.28. The van der Waals surface area contributed by atoms with Gasteiger partial charge in [-0.1, -0.05) is 52.0 Å². The van der Waals surface area contributed by atoms with Crippen LogP contribution in [0.5, 0.6) is 11.5 Å². The third-order valence-electron chi connectivity index (χ3n) is 3.21. The van der Waals surface area contributed by atoms with Crippen molar-refractivity contribution in [3.8, 4) is 11.5 Å². The van der Waals surface area contributed by atoms with E-state index in [1.807, 2.05) is 118 Å². The van der Waals surface area contributed by atoms with Crippen LogP contribution < -0.4 is 9.47 Å². The molecule has 0 saturated heterocycles. The van der Waals surface area contributed by atoms with Gasteiger partial charge in [0.1, 0.15) is 22.7 Å². The molecule has 0 bridgehead atoms. The van der Waals surface area contributed by atoms with E-state index in [-0.39, 0.29) is 11.2 Å². The monoisotopic (exact) mass is 442 g/mol. The van der Waals surface area contributed by atoms with Gasteiger partial charge in [0.15, 0.2) is 0 Å². The minimum Gasteiger partial charge on any atom is -0.487 e. The normalized spacial score (nSPS) is 10.9. The van der Waals surface area contributed by atoms with Crippen LogP contribution in [-0.4, -0.2) is 37.7 Å². The van der Waals surface area contributed by atoms with Crippen LogP contribution in [0.1, 0.15) is 80.4 Å². The van der Waals surface area contributed by atoms with E-state index in [0.29, 0.717) is 0 Å². The number of aliphatic imine (C=N–C) groups is 2. The molecule has 0 unspecified atom stereocenters. The van der Waals surface area contributed by atoms with Gasteiger partial charge in [-0.15, -0.1) is 0 Å². The average Bonchev–Trinajstić information content (AvgIpc) is 2.73. The summed E-state index contributed by atoms with van der Waals surface area (Å²) in [6.45, 7) is 20.2. The van der Waals surface area contributed by atoms with Gasteiger partial charge in [-0.3, -0.25) is 9.98 Å². The predicted octanol–water partition coefficient (Wildman–Crippen LogP) is 7.88. The van der Waals surface area contributed by atoms with Gasteiger partial charge in [-0.05, 0) is 65.8 Å². The topological polar surface area (TPSA) is 43.2 Å². The molecule has 0 aliphatic heterocycles. The van der Waals surface area contributed by atoms with Crippen LogP contribution >= 0.6 is 0 Å². The van der Waals surface area contributed by atoms with Gasteiger partial charge in [0.05, 0.1) is 0 Å². The lowest BCUT2D eigenvalue weighted by molar-refractivity contribution is 0.130. The number of para-hydroxylation sites is 2. The first kappa shape index (κ1) is 31.6. The van der Waals surface area contributed by atoms with E-state index in [1.54, 1.807) is 26.5 Å². The van der Waals surface area contributed by atoms with E-state index < -0.39 is 0 Å². The fourth-order valence-electron chi connectivity index (χ4n) is 2.30. The molecule has 32 heavy (non-hydrogen) atoms. The van der Waals surface area contributed by atoms with E-state index in [2.05, 4.69) is 9.98 Å². The fraction of sp³-hybridized carbons (Fsp3) is 0.500. The Kier molecular flexibility index (Phi) is 16.8. The molecular weight excluding hydrogens is 396 g/mol. The lowest BCUT2D eigenvalue weighted by atomic mass is 10.1. The predicted molar refractivity (Wildman–Crippen MR) is 143 cm³/mol. The number of benzene rings is 2. The van der Waals surface area contributed by atoms with Crippen molar-refractivity contribution in [2.75, 3.05) is 14.1 Å². The Hall–Kier alpha value is -2.62. The van der Waals surface area contributed by atoms with Crippen molar-refractivity contribution in [1.82, 2.24) is 0 Å². The highest BCUT2D eigenvalue weighted by atomic mass is 16.5. The summed E-state index contributed by atoms with van der Waals surface area (Å²) >= 11 is 0. The SMILES string of the molecule is CC.CC.CN=Cc1ccccc1OC(C)(C)C.CN=Cc1ccccc1OC(C)(C)C. The molecular formula is C28H46N2O2. The summed E-state index contributed by atoms with van der Waals surface area (Å²) in [4.78, 5) is 7.98. The molecule has 0 radical (unpaired) electrons. The van der Waals surface area contributed by atoms with Crippen molar-refractivity contribution in [2.45, 2.75) is 80.4 Å². The van der Waals surface area contributed by atoms with Crippen LogP contribution in [0.25, 0.3) is 0 Å². The van der Waals surface area contributed by atoms with Gasteiger partial charge >= 0.3 is 0 Å². The molecule has 180 valence electrons.